The Labute approximate surface area is 106 Å². The summed E-state index contributed by atoms with van der Waals surface area (Å²) in [4.78, 5) is 15.4. The molecule has 96 valence electrons. The number of nitrogens with zero attached hydrogens (tertiary/aromatic N) is 2. The van der Waals surface area contributed by atoms with E-state index < -0.39 is 5.97 Å². The van der Waals surface area contributed by atoms with Gasteiger partial charge < -0.3 is 9.67 Å². The Bertz CT molecular complexity index is 583. The van der Waals surface area contributed by atoms with E-state index in [0.717, 1.165) is 29.7 Å². The molecule has 0 saturated heterocycles. The summed E-state index contributed by atoms with van der Waals surface area (Å²) in [5, 5.41) is 8.99. The minimum absolute atomic E-state index is 0.289. The third-order valence-corrected chi connectivity index (χ3v) is 3.42. The fourth-order valence-corrected chi connectivity index (χ4v) is 2.47. The summed E-state index contributed by atoms with van der Waals surface area (Å²) in [6, 6.07) is 5.57. The van der Waals surface area contributed by atoms with Crippen LogP contribution in [-0.2, 0) is 0 Å². The Morgan fingerprint density at radius 2 is 2.06 bits per heavy atom. The average molecular weight is 246 g/mol. The monoisotopic (exact) mass is 246 g/mol. The van der Waals surface area contributed by atoms with E-state index in [9.17, 15) is 4.79 Å². The number of imidazole rings is 1. The van der Waals surface area contributed by atoms with Gasteiger partial charge in [-0.3, -0.25) is 0 Å². The number of hydrogen-bond acceptors (Lipinski definition) is 2. The molecule has 4 heteroatoms. The molecule has 0 aliphatic carbocycles. The van der Waals surface area contributed by atoms with Gasteiger partial charge in [-0.05, 0) is 38.0 Å². The molecule has 18 heavy (non-hydrogen) atoms. The fourth-order valence-electron chi connectivity index (χ4n) is 2.47. The van der Waals surface area contributed by atoms with Gasteiger partial charge in [0, 0.05) is 6.04 Å². The Kier molecular flexibility index (Phi) is 3.36. The Hall–Kier alpha value is -1.84. The van der Waals surface area contributed by atoms with E-state index in [1.165, 1.54) is 0 Å². The quantitative estimate of drug-likeness (QED) is 0.899. The highest BCUT2D eigenvalue weighted by atomic mass is 16.4. The third-order valence-electron chi connectivity index (χ3n) is 3.42. The van der Waals surface area contributed by atoms with Gasteiger partial charge in [0.25, 0.3) is 0 Å². The van der Waals surface area contributed by atoms with E-state index in [0.29, 0.717) is 6.04 Å². The van der Waals surface area contributed by atoms with E-state index in [1.54, 1.807) is 12.1 Å². The minimum atomic E-state index is -0.911. The molecule has 0 radical (unpaired) electrons. The zero-order valence-corrected chi connectivity index (χ0v) is 11.0. The van der Waals surface area contributed by atoms with Crippen LogP contribution in [0.15, 0.2) is 18.2 Å². The molecule has 1 N–H and O–H groups in total. The molecule has 2 rings (SSSR count). The number of aryl methyl sites for hydroxylation is 1. The highest BCUT2D eigenvalue weighted by Gasteiger charge is 2.15. The van der Waals surface area contributed by atoms with Crippen molar-refractivity contribution in [2.24, 2.45) is 0 Å². The van der Waals surface area contributed by atoms with Crippen LogP contribution < -0.4 is 0 Å². The molecule has 0 aliphatic heterocycles. The van der Waals surface area contributed by atoms with Gasteiger partial charge in [0.2, 0.25) is 0 Å². The maximum atomic E-state index is 10.9. The zero-order chi connectivity index (χ0) is 13.3. The lowest BCUT2D eigenvalue weighted by molar-refractivity contribution is 0.0697. The first-order valence-corrected chi connectivity index (χ1v) is 6.30. The normalized spacial score (nSPS) is 11.3. The maximum absolute atomic E-state index is 10.9. The second kappa shape index (κ2) is 4.80. The van der Waals surface area contributed by atoms with Gasteiger partial charge in [0.05, 0.1) is 16.6 Å². The van der Waals surface area contributed by atoms with Crippen LogP contribution >= 0.6 is 0 Å². The molecular formula is C14H18N2O2. The van der Waals surface area contributed by atoms with E-state index >= 15 is 0 Å². The Morgan fingerprint density at radius 3 is 2.61 bits per heavy atom. The third kappa shape index (κ3) is 1.98. The standard InChI is InChI=1S/C14H18N2O2/c1-4-11(5-2)16-9(3)15-12-8-10(14(17)18)6-7-13(12)16/h6-8,11H,4-5H2,1-3H3,(H,17,18). The molecule has 0 aliphatic rings. The largest absolute Gasteiger partial charge is 0.478 e. The molecule has 1 aromatic carbocycles. The lowest BCUT2D eigenvalue weighted by Gasteiger charge is -2.17. The predicted molar refractivity (Wildman–Crippen MR) is 71.0 cm³/mol. The first kappa shape index (κ1) is 12.6. The molecule has 0 unspecified atom stereocenters. The van der Waals surface area contributed by atoms with Crippen LogP contribution in [0.25, 0.3) is 11.0 Å². The topological polar surface area (TPSA) is 55.1 Å². The lowest BCUT2D eigenvalue weighted by atomic mass is 10.1. The molecule has 2 aromatic rings. The Morgan fingerprint density at radius 1 is 1.39 bits per heavy atom. The van der Waals surface area contributed by atoms with Crippen molar-refractivity contribution in [3.05, 3.63) is 29.6 Å². The number of hydrogen-bond donors (Lipinski definition) is 1. The molecule has 4 nitrogen and oxygen atoms in total. The predicted octanol–water partition coefficient (Wildman–Crippen LogP) is 3.40. The molecule has 0 bridgehead atoms. The number of benzene rings is 1. The molecule has 0 saturated carbocycles. The van der Waals surface area contributed by atoms with Crippen LogP contribution in [-0.4, -0.2) is 20.6 Å². The highest BCUT2D eigenvalue weighted by Crippen LogP contribution is 2.25. The van der Waals surface area contributed by atoms with Crippen LogP contribution in [0.5, 0.6) is 0 Å². The number of carbonyl (C=O) groups is 1. The van der Waals surface area contributed by atoms with Gasteiger partial charge in [0.1, 0.15) is 5.82 Å². The highest BCUT2D eigenvalue weighted by molar-refractivity contribution is 5.92. The second-order valence-corrected chi connectivity index (χ2v) is 4.51. The molecular weight excluding hydrogens is 228 g/mol. The van der Waals surface area contributed by atoms with Crippen LogP contribution in [0.3, 0.4) is 0 Å². The summed E-state index contributed by atoms with van der Waals surface area (Å²) in [6.45, 7) is 6.29. The molecule has 1 heterocycles. The summed E-state index contributed by atoms with van der Waals surface area (Å²) < 4.78 is 2.21. The van der Waals surface area contributed by atoms with Crippen molar-refractivity contribution in [3.63, 3.8) is 0 Å². The van der Waals surface area contributed by atoms with Gasteiger partial charge >= 0.3 is 5.97 Å². The first-order valence-electron chi connectivity index (χ1n) is 6.30. The summed E-state index contributed by atoms with van der Waals surface area (Å²) in [6.07, 6.45) is 2.09. The first-order chi connectivity index (χ1) is 8.58. The summed E-state index contributed by atoms with van der Waals surface area (Å²) >= 11 is 0. The van der Waals surface area contributed by atoms with E-state index in [2.05, 4.69) is 23.4 Å². The van der Waals surface area contributed by atoms with Gasteiger partial charge in [-0.25, -0.2) is 9.78 Å². The van der Waals surface area contributed by atoms with Crippen molar-refractivity contribution in [2.75, 3.05) is 0 Å². The van der Waals surface area contributed by atoms with Crippen molar-refractivity contribution in [1.29, 1.82) is 0 Å². The van der Waals surface area contributed by atoms with Gasteiger partial charge in [-0.2, -0.15) is 0 Å². The van der Waals surface area contributed by atoms with E-state index in [4.69, 9.17) is 5.11 Å². The molecule has 1 aromatic heterocycles. The second-order valence-electron chi connectivity index (χ2n) is 4.51. The SMILES string of the molecule is CCC(CC)n1c(C)nc2cc(C(=O)O)ccc21. The molecule has 0 fully saturated rings. The zero-order valence-electron chi connectivity index (χ0n) is 11.0. The van der Waals surface area contributed by atoms with E-state index in [1.807, 2.05) is 13.0 Å². The fraction of sp³-hybridized carbons (Fsp3) is 0.429. The van der Waals surface area contributed by atoms with Crippen LogP contribution in [0, 0.1) is 6.92 Å². The van der Waals surface area contributed by atoms with Crippen molar-refractivity contribution in [3.8, 4) is 0 Å². The number of carboxylic acids is 1. The smallest absolute Gasteiger partial charge is 0.335 e. The maximum Gasteiger partial charge on any atom is 0.335 e. The van der Waals surface area contributed by atoms with Gasteiger partial charge in [-0.1, -0.05) is 13.8 Å². The van der Waals surface area contributed by atoms with Gasteiger partial charge in [-0.15, -0.1) is 0 Å². The lowest BCUT2D eigenvalue weighted by Crippen LogP contribution is -2.08. The summed E-state index contributed by atoms with van der Waals surface area (Å²) in [7, 11) is 0. The number of rotatable bonds is 4. The number of aromatic carboxylic acids is 1. The number of carboxylic acid groups (broad SMARTS) is 1. The summed E-state index contributed by atoms with van der Waals surface area (Å²) in [5.74, 6) is 0.0351. The van der Waals surface area contributed by atoms with Crippen LogP contribution in [0.2, 0.25) is 0 Å². The van der Waals surface area contributed by atoms with Crippen molar-refractivity contribution >= 4 is 17.0 Å². The van der Waals surface area contributed by atoms with Crippen molar-refractivity contribution in [1.82, 2.24) is 9.55 Å². The minimum Gasteiger partial charge on any atom is -0.478 e. The molecule has 0 amide bonds. The van der Waals surface area contributed by atoms with Crippen molar-refractivity contribution in [2.45, 2.75) is 39.7 Å². The van der Waals surface area contributed by atoms with Crippen LogP contribution in [0.4, 0.5) is 0 Å². The van der Waals surface area contributed by atoms with Gasteiger partial charge in [0.15, 0.2) is 0 Å². The van der Waals surface area contributed by atoms with E-state index in [-0.39, 0.29) is 5.56 Å². The Balaban J connectivity index is 2.62. The average Bonchev–Trinajstić information content (AvgIpc) is 2.67. The number of fused-ring (bicyclic) bond motifs is 1. The molecule has 0 atom stereocenters. The van der Waals surface area contributed by atoms with Crippen LogP contribution in [0.1, 0.15) is 48.9 Å². The molecule has 0 spiro atoms. The van der Waals surface area contributed by atoms with Crippen molar-refractivity contribution < 1.29 is 9.90 Å². The number of aromatic nitrogens is 2. The summed E-state index contributed by atoms with van der Waals surface area (Å²) in [5.41, 5.74) is 2.07.